The molecule has 2 aromatic carbocycles. The van der Waals surface area contributed by atoms with Gasteiger partial charge in [-0.15, -0.1) is 0 Å². The number of hydrogen-bond donors (Lipinski definition) is 2. The summed E-state index contributed by atoms with van der Waals surface area (Å²) in [5, 5.41) is 9.66. The maximum atomic E-state index is 12.5. The summed E-state index contributed by atoms with van der Waals surface area (Å²) >= 11 is 0. The van der Waals surface area contributed by atoms with Crippen molar-refractivity contribution in [2.45, 2.75) is 23.8 Å². The number of hydrogen-bond acceptors (Lipinski definition) is 3. The Bertz CT molecular complexity index is 744. The average molecular weight is 319 g/mol. The number of nitrogens with one attached hydrogen (secondary N) is 1. The summed E-state index contributed by atoms with van der Waals surface area (Å²) in [5.41, 5.74) is -1.31. The van der Waals surface area contributed by atoms with E-state index in [-0.39, 0.29) is 11.3 Å². The molecule has 0 aliphatic carbocycles. The lowest BCUT2D eigenvalue weighted by Gasteiger charge is -2.29. The van der Waals surface area contributed by atoms with E-state index in [0.717, 1.165) is 0 Å². The first kappa shape index (κ1) is 16.2. The molecule has 2 N–H and O–H groups in total. The van der Waals surface area contributed by atoms with E-state index in [0.29, 0.717) is 5.56 Å². The van der Waals surface area contributed by atoms with E-state index in [2.05, 4.69) is 4.72 Å². The van der Waals surface area contributed by atoms with Crippen LogP contribution in [-0.2, 0) is 20.4 Å². The van der Waals surface area contributed by atoms with Gasteiger partial charge in [-0.1, -0.05) is 55.5 Å². The number of aliphatic carboxylic acids is 1. The molecule has 0 spiro atoms. The van der Waals surface area contributed by atoms with E-state index in [1.807, 2.05) is 0 Å². The molecule has 0 amide bonds. The molecule has 116 valence electrons. The Labute approximate surface area is 129 Å². The molecule has 5 nitrogen and oxygen atoms in total. The Balaban J connectivity index is 2.51. The second-order valence-corrected chi connectivity index (χ2v) is 6.53. The van der Waals surface area contributed by atoms with Crippen molar-refractivity contribution in [3.05, 3.63) is 66.2 Å². The molecule has 0 fully saturated rings. The second-order valence-electron chi connectivity index (χ2n) is 4.85. The average Bonchev–Trinajstić information content (AvgIpc) is 2.54. The van der Waals surface area contributed by atoms with Crippen molar-refractivity contribution in [3.63, 3.8) is 0 Å². The molecule has 0 aliphatic rings. The SMILES string of the molecule is CC[C@](NS(=O)(=O)c1ccccc1)(C(=O)O)c1ccccc1. The van der Waals surface area contributed by atoms with Crippen LogP contribution in [0.4, 0.5) is 0 Å². The molecule has 0 aliphatic heterocycles. The number of carboxylic acids is 1. The molecule has 6 heteroatoms. The number of rotatable bonds is 6. The molecular weight excluding hydrogens is 302 g/mol. The van der Waals surface area contributed by atoms with Crippen molar-refractivity contribution >= 4 is 16.0 Å². The first-order valence-electron chi connectivity index (χ1n) is 6.80. The summed E-state index contributed by atoms with van der Waals surface area (Å²) in [5.74, 6) is -1.24. The van der Waals surface area contributed by atoms with Crippen molar-refractivity contribution in [3.8, 4) is 0 Å². The van der Waals surface area contributed by atoms with Gasteiger partial charge in [0.15, 0.2) is 5.54 Å². The molecule has 2 aromatic rings. The Morgan fingerprint density at radius 2 is 1.55 bits per heavy atom. The van der Waals surface area contributed by atoms with Crippen LogP contribution in [0.3, 0.4) is 0 Å². The van der Waals surface area contributed by atoms with Crippen molar-refractivity contribution in [1.82, 2.24) is 4.72 Å². The van der Waals surface area contributed by atoms with Gasteiger partial charge in [-0.25, -0.2) is 13.2 Å². The summed E-state index contributed by atoms with van der Waals surface area (Å²) < 4.78 is 27.4. The minimum atomic E-state index is -3.95. The fraction of sp³-hybridized carbons (Fsp3) is 0.188. The lowest BCUT2D eigenvalue weighted by Crippen LogP contribution is -2.51. The highest BCUT2D eigenvalue weighted by atomic mass is 32.2. The minimum Gasteiger partial charge on any atom is -0.480 e. The van der Waals surface area contributed by atoms with Crippen molar-refractivity contribution in [2.75, 3.05) is 0 Å². The van der Waals surface area contributed by atoms with Crippen LogP contribution in [-0.4, -0.2) is 19.5 Å². The zero-order valence-corrected chi connectivity index (χ0v) is 12.9. The number of carbonyl (C=O) groups is 1. The third-order valence-electron chi connectivity index (χ3n) is 3.52. The Hall–Kier alpha value is -2.18. The smallest absolute Gasteiger partial charge is 0.329 e. The molecule has 0 saturated heterocycles. The summed E-state index contributed by atoms with van der Waals surface area (Å²) in [6.45, 7) is 1.63. The highest BCUT2D eigenvalue weighted by Gasteiger charge is 2.42. The molecule has 0 heterocycles. The molecule has 1 atom stereocenters. The molecule has 0 saturated carbocycles. The van der Waals surface area contributed by atoms with E-state index in [1.165, 1.54) is 12.1 Å². The maximum Gasteiger partial charge on any atom is 0.329 e. The van der Waals surface area contributed by atoms with Crippen LogP contribution in [0.15, 0.2) is 65.6 Å². The molecule has 0 unspecified atom stereocenters. The molecule has 0 radical (unpaired) electrons. The highest BCUT2D eigenvalue weighted by molar-refractivity contribution is 7.89. The summed E-state index contributed by atoms with van der Waals surface area (Å²) in [6.07, 6.45) is 0.0818. The van der Waals surface area contributed by atoms with Gasteiger partial charge in [-0.3, -0.25) is 0 Å². The van der Waals surface area contributed by atoms with Gasteiger partial charge in [0, 0.05) is 0 Å². The summed E-state index contributed by atoms with van der Waals surface area (Å²) in [7, 11) is -3.95. The lowest BCUT2D eigenvalue weighted by molar-refractivity contribution is -0.144. The number of carboxylic acid groups (broad SMARTS) is 1. The van der Waals surface area contributed by atoms with Gasteiger partial charge in [0.25, 0.3) is 0 Å². The molecule has 22 heavy (non-hydrogen) atoms. The van der Waals surface area contributed by atoms with Crippen LogP contribution in [0, 0.1) is 0 Å². The van der Waals surface area contributed by atoms with Gasteiger partial charge in [0.1, 0.15) is 0 Å². The van der Waals surface area contributed by atoms with E-state index < -0.39 is 21.5 Å². The second kappa shape index (κ2) is 6.29. The minimum absolute atomic E-state index is 0.0324. The lowest BCUT2D eigenvalue weighted by atomic mass is 9.88. The van der Waals surface area contributed by atoms with E-state index >= 15 is 0 Å². The molecule has 2 rings (SSSR count). The first-order chi connectivity index (χ1) is 10.4. The third kappa shape index (κ3) is 3.03. The van der Waals surface area contributed by atoms with Crippen LogP contribution in [0.2, 0.25) is 0 Å². The predicted molar refractivity (Wildman–Crippen MR) is 82.8 cm³/mol. The largest absolute Gasteiger partial charge is 0.480 e. The standard InChI is InChI=1S/C16H17NO4S/c1-2-16(15(18)19,13-9-5-3-6-10-13)17-22(20,21)14-11-7-4-8-12-14/h3-12,17H,2H2,1H3,(H,18,19)/t16-/m1/s1. The van der Waals surface area contributed by atoms with E-state index in [1.54, 1.807) is 55.5 Å². The van der Waals surface area contributed by atoms with Gasteiger partial charge < -0.3 is 5.11 Å². The van der Waals surface area contributed by atoms with Gasteiger partial charge in [-0.2, -0.15) is 4.72 Å². The van der Waals surface area contributed by atoms with Gasteiger partial charge in [0.05, 0.1) is 4.90 Å². The number of benzene rings is 2. The predicted octanol–water partition coefficient (Wildman–Crippen LogP) is 2.36. The van der Waals surface area contributed by atoms with Crippen LogP contribution < -0.4 is 4.72 Å². The molecule has 0 aromatic heterocycles. The summed E-state index contributed by atoms with van der Waals surface area (Å²) in [6, 6.07) is 16.0. The van der Waals surface area contributed by atoms with Crippen molar-refractivity contribution in [1.29, 1.82) is 0 Å². The fourth-order valence-corrected chi connectivity index (χ4v) is 3.71. The van der Waals surface area contributed by atoms with E-state index in [9.17, 15) is 18.3 Å². The zero-order valence-electron chi connectivity index (χ0n) is 12.1. The normalized spacial score (nSPS) is 14.2. The van der Waals surface area contributed by atoms with Crippen molar-refractivity contribution in [2.24, 2.45) is 0 Å². The van der Waals surface area contributed by atoms with Crippen LogP contribution >= 0.6 is 0 Å². The van der Waals surface area contributed by atoms with Crippen LogP contribution in [0.5, 0.6) is 0 Å². The quantitative estimate of drug-likeness (QED) is 0.856. The topological polar surface area (TPSA) is 83.5 Å². The van der Waals surface area contributed by atoms with E-state index in [4.69, 9.17) is 0 Å². The van der Waals surface area contributed by atoms with Gasteiger partial charge in [-0.05, 0) is 24.1 Å². The van der Waals surface area contributed by atoms with Gasteiger partial charge >= 0.3 is 5.97 Å². The van der Waals surface area contributed by atoms with Crippen LogP contribution in [0.1, 0.15) is 18.9 Å². The zero-order chi connectivity index (χ0) is 16.2. The van der Waals surface area contributed by atoms with Crippen molar-refractivity contribution < 1.29 is 18.3 Å². The third-order valence-corrected chi connectivity index (χ3v) is 5.03. The molecular formula is C16H17NO4S. The monoisotopic (exact) mass is 319 g/mol. The Morgan fingerprint density at radius 3 is 2.00 bits per heavy atom. The highest BCUT2D eigenvalue weighted by Crippen LogP contribution is 2.28. The van der Waals surface area contributed by atoms with Gasteiger partial charge in [0.2, 0.25) is 10.0 Å². The Kier molecular flexibility index (Phi) is 4.63. The maximum absolute atomic E-state index is 12.5. The molecule has 0 bridgehead atoms. The number of sulfonamides is 1. The Morgan fingerprint density at radius 1 is 1.05 bits per heavy atom. The van der Waals surface area contributed by atoms with Crippen LogP contribution in [0.25, 0.3) is 0 Å². The summed E-state index contributed by atoms with van der Waals surface area (Å²) in [4.78, 5) is 11.9. The first-order valence-corrected chi connectivity index (χ1v) is 8.28. The fourth-order valence-electron chi connectivity index (χ4n) is 2.26.